The highest BCUT2D eigenvalue weighted by Crippen LogP contribution is 2.63. The first-order valence-corrected chi connectivity index (χ1v) is 10.1. The number of hydrogen-bond donors (Lipinski definition) is 0. The van der Waals surface area contributed by atoms with Crippen molar-refractivity contribution in [2.24, 2.45) is 35.0 Å². The molecular weight excluding hydrogens is 371 g/mol. The molecule has 21 heavy (non-hydrogen) atoms. The van der Waals surface area contributed by atoms with Gasteiger partial charge < -0.3 is 4.74 Å². The third kappa shape index (κ3) is 2.26. The molecule has 0 N–H and O–H groups in total. The molecule has 0 radical (unpaired) electrons. The van der Waals surface area contributed by atoms with Crippen LogP contribution in [0.3, 0.4) is 0 Å². The van der Waals surface area contributed by atoms with Crippen LogP contribution in [-0.2, 0) is 4.74 Å². The zero-order valence-corrected chi connectivity index (χ0v) is 15.6. The van der Waals surface area contributed by atoms with Gasteiger partial charge in [0.05, 0.1) is 6.10 Å². The molecule has 0 aliphatic heterocycles. The maximum Gasteiger partial charge on any atom is 0.0574 e. The van der Waals surface area contributed by atoms with Gasteiger partial charge in [-0.05, 0) is 107 Å². The van der Waals surface area contributed by atoms with Crippen LogP contribution >= 0.6 is 22.6 Å². The maximum absolute atomic E-state index is 5.67. The summed E-state index contributed by atoms with van der Waals surface area (Å²) in [5, 5.41) is 0. The third-order valence-corrected chi connectivity index (χ3v) is 9.40. The number of ether oxygens (including phenoxy) is 1. The fourth-order valence-corrected chi connectivity index (χ4v) is 7.46. The average molecular weight is 400 g/mol. The van der Waals surface area contributed by atoms with Crippen molar-refractivity contribution in [1.29, 1.82) is 0 Å². The van der Waals surface area contributed by atoms with Crippen molar-refractivity contribution in [3.8, 4) is 0 Å². The SMILES string of the molecule is COC1CC[C@H]2C(CC[C@@H]3[C@@H]2CC[C@]2(C)C(I)=CC[C@@H]32)C1. The number of rotatable bonds is 1. The highest BCUT2D eigenvalue weighted by atomic mass is 127. The molecule has 0 spiro atoms. The molecule has 3 saturated carbocycles. The molecule has 0 aromatic carbocycles. The van der Waals surface area contributed by atoms with Gasteiger partial charge in [-0.25, -0.2) is 0 Å². The number of fused-ring (bicyclic) bond motifs is 5. The lowest BCUT2D eigenvalue weighted by atomic mass is 9.50. The van der Waals surface area contributed by atoms with Crippen molar-refractivity contribution < 1.29 is 4.74 Å². The van der Waals surface area contributed by atoms with Gasteiger partial charge in [0.1, 0.15) is 0 Å². The predicted molar refractivity (Wildman–Crippen MR) is 95.4 cm³/mol. The van der Waals surface area contributed by atoms with Gasteiger partial charge >= 0.3 is 0 Å². The minimum Gasteiger partial charge on any atom is -0.381 e. The summed E-state index contributed by atoms with van der Waals surface area (Å²) in [6, 6.07) is 0. The Morgan fingerprint density at radius 1 is 1.10 bits per heavy atom. The summed E-state index contributed by atoms with van der Waals surface area (Å²) < 4.78 is 7.34. The van der Waals surface area contributed by atoms with Crippen molar-refractivity contribution in [2.75, 3.05) is 7.11 Å². The van der Waals surface area contributed by atoms with Crippen molar-refractivity contribution in [1.82, 2.24) is 0 Å². The first-order chi connectivity index (χ1) is 10.1. The van der Waals surface area contributed by atoms with Gasteiger partial charge in [-0.15, -0.1) is 0 Å². The van der Waals surface area contributed by atoms with Crippen molar-refractivity contribution in [3.05, 3.63) is 9.66 Å². The van der Waals surface area contributed by atoms with E-state index in [1.54, 1.807) is 3.58 Å². The molecule has 0 bridgehead atoms. The first kappa shape index (κ1) is 15.0. The molecule has 0 heterocycles. The molecule has 2 unspecified atom stereocenters. The quantitative estimate of drug-likeness (QED) is 0.522. The molecule has 3 fully saturated rings. The average Bonchev–Trinajstić information content (AvgIpc) is 2.82. The van der Waals surface area contributed by atoms with Crippen molar-refractivity contribution in [2.45, 2.75) is 64.4 Å². The summed E-state index contributed by atoms with van der Waals surface area (Å²) >= 11 is 2.64. The summed E-state index contributed by atoms with van der Waals surface area (Å²) in [5.74, 6) is 5.02. The number of hydrogen-bond acceptors (Lipinski definition) is 1. The van der Waals surface area contributed by atoms with Gasteiger partial charge in [-0.2, -0.15) is 0 Å². The Balaban J connectivity index is 1.53. The van der Waals surface area contributed by atoms with Crippen LogP contribution in [0.2, 0.25) is 0 Å². The van der Waals surface area contributed by atoms with E-state index in [1.165, 1.54) is 51.4 Å². The van der Waals surface area contributed by atoms with Crippen LogP contribution in [0.1, 0.15) is 58.3 Å². The van der Waals surface area contributed by atoms with Gasteiger partial charge in [0.25, 0.3) is 0 Å². The van der Waals surface area contributed by atoms with Crippen molar-refractivity contribution in [3.63, 3.8) is 0 Å². The lowest BCUT2D eigenvalue weighted by Gasteiger charge is -2.55. The zero-order valence-electron chi connectivity index (χ0n) is 13.5. The summed E-state index contributed by atoms with van der Waals surface area (Å²) in [6.07, 6.45) is 14.5. The monoisotopic (exact) mass is 400 g/mol. The largest absolute Gasteiger partial charge is 0.381 e. The fraction of sp³-hybridized carbons (Fsp3) is 0.895. The highest BCUT2D eigenvalue weighted by Gasteiger charge is 2.54. The molecule has 2 heteroatoms. The smallest absolute Gasteiger partial charge is 0.0574 e. The zero-order chi connectivity index (χ0) is 14.6. The maximum atomic E-state index is 5.67. The Bertz CT molecular complexity index is 445. The van der Waals surface area contributed by atoms with Gasteiger partial charge in [-0.1, -0.05) is 13.0 Å². The lowest BCUT2D eigenvalue weighted by Crippen LogP contribution is -2.48. The van der Waals surface area contributed by atoms with E-state index < -0.39 is 0 Å². The van der Waals surface area contributed by atoms with E-state index in [2.05, 4.69) is 35.6 Å². The summed E-state index contributed by atoms with van der Waals surface area (Å²) in [5.41, 5.74) is 0.540. The van der Waals surface area contributed by atoms with Crippen LogP contribution in [0.5, 0.6) is 0 Å². The molecule has 7 atom stereocenters. The second-order valence-electron chi connectivity index (χ2n) is 8.35. The molecular formula is C19H29IO. The van der Waals surface area contributed by atoms with Gasteiger partial charge in [-0.3, -0.25) is 0 Å². The van der Waals surface area contributed by atoms with E-state index in [9.17, 15) is 0 Å². The Labute approximate surface area is 143 Å². The third-order valence-electron chi connectivity index (χ3n) is 7.73. The standard InChI is InChI=1S/C19H29IO/c1-19-10-9-15-14-6-4-13(21-2)11-12(14)3-5-16(15)17(19)7-8-18(19)20/h8,12-17H,3-7,9-11H2,1-2H3/t12?,13?,14-,15+,16+,17-,19-/m0/s1. The molecule has 0 aromatic rings. The molecule has 4 aliphatic rings. The molecule has 118 valence electrons. The topological polar surface area (TPSA) is 9.23 Å². The Morgan fingerprint density at radius 2 is 1.90 bits per heavy atom. The molecule has 1 nitrogen and oxygen atoms in total. The van der Waals surface area contributed by atoms with E-state index in [4.69, 9.17) is 4.74 Å². The minimum atomic E-state index is 0.540. The van der Waals surface area contributed by atoms with E-state index >= 15 is 0 Å². The van der Waals surface area contributed by atoms with Crippen LogP contribution < -0.4 is 0 Å². The molecule has 0 aromatic heterocycles. The van der Waals surface area contributed by atoms with Crippen LogP contribution in [0.4, 0.5) is 0 Å². The molecule has 0 amide bonds. The Kier molecular flexibility index (Phi) is 3.93. The van der Waals surface area contributed by atoms with Crippen LogP contribution in [-0.4, -0.2) is 13.2 Å². The van der Waals surface area contributed by atoms with E-state index in [0.29, 0.717) is 11.5 Å². The number of methoxy groups -OCH3 is 1. The lowest BCUT2D eigenvalue weighted by molar-refractivity contribution is -0.0681. The van der Waals surface area contributed by atoms with E-state index in [0.717, 1.165) is 29.6 Å². The Morgan fingerprint density at radius 3 is 2.71 bits per heavy atom. The van der Waals surface area contributed by atoms with Crippen LogP contribution in [0, 0.1) is 35.0 Å². The first-order valence-electron chi connectivity index (χ1n) is 9.02. The summed E-state index contributed by atoms with van der Waals surface area (Å²) in [4.78, 5) is 0. The fourth-order valence-electron chi connectivity index (χ4n) is 6.54. The minimum absolute atomic E-state index is 0.540. The second-order valence-corrected chi connectivity index (χ2v) is 9.51. The van der Waals surface area contributed by atoms with E-state index in [-0.39, 0.29) is 0 Å². The summed E-state index contributed by atoms with van der Waals surface area (Å²) in [7, 11) is 1.91. The Hall–Kier alpha value is 0.430. The molecule has 4 aliphatic carbocycles. The van der Waals surface area contributed by atoms with Gasteiger partial charge in [0.15, 0.2) is 0 Å². The van der Waals surface area contributed by atoms with Crippen molar-refractivity contribution >= 4 is 22.6 Å². The van der Waals surface area contributed by atoms with Crippen LogP contribution in [0.25, 0.3) is 0 Å². The number of halogens is 1. The molecule has 4 rings (SSSR count). The predicted octanol–water partition coefficient (Wildman–Crippen LogP) is 5.58. The van der Waals surface area contributed by atoms with Gasteiger partial charge in [0.2, 0.25) is 0 Å². The summed E-state index contributed by atoms with van der Waals surface area (Å²) in [6.45, 7) is 2.56. The highest BCUT2D eigenvalue weighted by molar-refractivity contribution is 14.1. The van der Waals surface area contributed by atoms with E-state index in [1.807, 2.05) is 7.11 Å². The van der Waals surface area contributed by atoms with Gasteiger partial charge in [0, 0.05) is 12.5 Å². The molecule has 0 saturated heterocycles. The van der Waals surface area contributed by atoms with Crippen LogP contribution in [0.15, 0.2) is 9.66 Å². The second kappa shape index (κ2) is 5.51. The number of allylic oxidation sites excluding steroid dienone is 2. The normalized spacial score (nSPS) is 52.6.